The van der Waals surface area contributed by atoms with Crippen LogP contribution in [0.4, 0.5) is 0 Å². The molecule has 2 aromatic rings. The number of nitrogens with two attached hydrogens (primary N) is 1. The predicted molar refractivity (Wildman–Crippen MR) is 105 cm³/mol. The molecular formula is C19H24Cl2N4O2. The van der Waals surface area contributed by atoms with Gasteiger partial charge < -0.3 is 15.2 Å². The largest absolute Gasteiger partial charge is 0.339 e. The van der Waals surface area contributed by atoms with Gasteiger partial charge >= 0.3 is 0 Å². The summed E-state index contributed by atoms with van der Waals surface area (Å²) in [5.41, 5.74) is 6.62. The molecule has 0 spiro atoms. The third kappa shape index (κ3) is 4.13. The number of hydrogen-bond donors (Lipinski definition) is 1. The number of piperidine rings is 1. The first-order chi connectivity index (χ1) is 12.5. The molecule has 4 rings (SSSR count). The summed E-state index contributed by atoms with van der Waals surface area (Å²) >= 11 is 5.91. The van der Waals surface area contributed by atoms with Gasteiger partial charge in [0.05, 0.1) is 11.5 Å². The summed E-state index contributed by atoms with van der Waals surface area (Å²) in [5.74, 6) is 1.29. The highest BCUT2D eigenvalue weighted by atomic mass is 35.5. The summed E-state index contributed by atoms with van der Waals surface area (Å²) in [7, 11) is 0. The van der Waals surface area contributed by atoms with Gasteiger partial charge in [0.1, 0.15) is 0 Å². The molecule has 2 fully saturated rings. The molecule has 8 heteroatoms. The van der Waals surface area contributed by atoms with E-state index in [4.69, 9.17) is 21.9 Å². The van der Waals surface area contributed by atoms with E-state index in [-0.39, 0.29) is 24.2 Å². The molecule has 0 radical (unpaired) electrons. The third-order valence-corrected chi connectivity index (χ3v) is 5.78. The maximum absolute atomic E-state index is 12.7. The molecule has 1 saturated carbocycles. The molecule has 146 valence electrons. The Hall–Kier alpha value is -1.63. The summed E-state index contributed by atoms with van der Waals surface area (Å²) < 4.78 is 5.53. The SMILES string of the molecule is Cl.NC1(c2noc(C3CCCN(C(=O)c4ccc(Cl)cc4)C3)n2)CCCC1. The Balaban J connectivity index is 0.00000210. The molecule has 1 atom stereocenters. The van der Waals surface area contributed by atoms with Gasteiger partial charge in [-0.05, 0) is 49.9 Å². The van der Waals surface area contributed by atoms with Crippen molar-refractivity contribution in [3.05, 3.63) is 46.6 Å². The number of aromatic nitrogens is 2. The number of carbonyl (C=O) groups is 1. The van der Waals surface area contributed by atoms with Crippen molar-refractivity contribution in [1.82, 2.24) is 15.0 Å². The fourth-order valence-electron chi connectivity index (χ4n) is 3.97. The number of rotatable bonds is 3. The number of halogens is 2. The minimum Gasteiger partial charge on any atom is -0.339 e. The van der Waals surface area contributed by atoms with Crippen LogP contribution in [0.2, 0.25) is 5.02 Å². The van der Waals surface area contributed by atoms with Gasteiger partial charge in [0, 0.05) is 23.7 Å². The zero-order valence-electron chi connectivity index (χ0n) is 15.1. The Morgan fingerprint density at radius 2 is 1.93 bits per heavy atom. The van der Waals surface area contributed by atoms with Crippen molar-refractivity contribution in [2.75, 3.05) is 13.1 Å². The number of hydrogen-bond acceptors (Lipinski definition) is 5. The average molecular weight is 411 g/mol. The maximum Gasteiger partial charge on any atom is 0.253 e. The van der Waals surface area contributed by atoms with Crippen molar-refractivity contribution in [3.8, 4) is 0 Å². The Labute approximate surface area is 169 Å². The van der Waals surface area contributed by atoms with E-state index in [1.807, 2.05) is 4.90 Å². The minimum absolute atomic E-state index is 0. The minimum atomic E-state index is -0.449. The van der Waals surface area contributed by atoms with Crippen LogP contribution in [0.5, 0.6) is 0 Å². The number of likely N-dealkylation sites (tertiary alicyclic amines) is 1. The van der Waals surface area contributed by atoms with Gasteiger partial charge in [0.15, 0.2) is 5.82 Å². The Bertz CT molecular complexity index is 787. The fraction of sp³-hybridized carbons (Fsp3) is 0.526. The molecule has 1 saturated heterocycles. The molecule has 0 bridgehead atoms. The van der Waals surface area contributed by atoms with Crippen LogP contribution in [0.1, 0.15) is 66.5 Å². The van der Waals surface area contributed by atoms with Crippen molar-refractivity contribution in [2.24, 2.45) is 5.73 Å². The van der Waals surface area contributed by atoms with Gasteiger partial charge in [0.2, 0.25) is 5.89 Å². The number of nitrogens with zero attached hydrogens (tertiary/aromatic N) is 3. The van der Waals surface area contributed by atoms with Crippen molar-refractivity contribution in [1.29, 1.82) is 0 Å². The molecule has 27 heavy (non-hydrogen) atoms. The molecule has 1 amide bonds. The molecule has 1 aliphatic heterocycles. The van der Waals surface area contributed by atoms with Gasteiger partial charge in [-0.1, -0.05) is 29.6 Å². The van der Waals surface area contributed by atoms with Crippen molar-refractivity contribution in [3.63, 3.8) is 0 Å². The van der Waals surface area contributed by atoms with Crippen molar-refractivity contribution < 1.29 is 9.32 Å². The van der Waals surface area contributed by atoms with Crippen LogP contribution in [0, 0.1) is 0 Å². The molecule has 1 unspecified atom stereocenters. The second-order valence-corrected chi connectivity index (χ2v) is 7.85. The van der Waals surface area contributed by atoms with E-state index in [0.717, 1.165) is 45.1 Å². The topological polar surface area (TPSA) is 85.2 Å². The maximum atomic E-state index is 12.7. The van der Waals surface area contributed by atoms with Crippen molar-refractivity contribution in [2.45, 2.75) is 50.0 Å². The van der Waals surface area contributed by atoms with Gasteiger partial charge in [-0.25, -0.2) is 0 Å². The first kappa shape index (κ1) is 20.1. The van der Waals surface area contributed by atoms with Crippen LogP contribution in [0.25, 0.3) is 0 Å². The van der Waals surface area contributed by atoms with Crippen LogP contribution in [0.3, 0.4) is 0 Å². The molecule has 1 aromatic heterocycles. The highest BCUT2D eigenvalue weighted by Crippen LogP contribution is 2.36. The lowest BCUT2D eigenvalue weighted by atomic mass is 9.96. The van der Waals surface area contributed by atoms with Crippen LogP contribution >= 0.6 is 24.0 Å². The molecule has 1 aliphatic carbocycles. The molecule has 6 nitrogen and oxygen atoms in total. The summed E-state index contributed by atoms with van der Waals surface area (Å²) in [6, 6.07) is 7.00. The van der Waals surface area contributed by atoms with Crippen LogP contribution in [-0.2, 0) is 5.54 Å². The summed E-state index contributed by atoms with van der Waals surface area (Å²) in [6.45, 7) is 1.32. The Morgan fingerprint density at radius 3 is 2.63 bits per heavy atom. The van der Waals surface area contributed by atoms with E-state index in [1.54, 1.807) is 24.3 Å². The van der Waals surface area contributed by atoms with Crippen LogP contribution in [-0.4, -0.2) is 34.0 Å². The molecule has 2 N–H and O–H groups in total. The molecular weight excluding hydrogens is 387 g/mol. The first-order valence-electron chi connectivity index (χ1n) is 9.23. The van der Waals surface area contributed by atoms with E-state index in [9.17, 15) is 4.79 Å². The lowest BCUT2D eigenvalue weighted by molar-refractivity contribution is 0.0695. The average Bonchev–Trinajstić information content (AvgIpc) is 3.32. The molecule has 2 heterocycles. The van der Waals surface area contributed by atoms with Gasteiger partial charge in [0.25, 0.3) is 5.91 Å². The lowest BCUT2D eigenvalue weighted by Crippen LogP contribution is -2.39. The molecule has 2 aliphatic rings. The smallest absolute Gasteiger partial charge is 0.253 e. The van der Waals surface area contributed by atoms with E-state index < -0.39 is 5.54 Å². The van der Waals surface area contributed by atoms with Crippen LogP contribution < -0.4 is 5.73 Å². The van der Waals surface area contributed by atoms with E-state index in [0.29, 0.717) is 28.8 Å². The fourth-order valence-corrected chi connectivity index (χ4v) is 4.10. The van der Waals surface area contributed by atoms with Crippen molar-refractivity contribution >= 4 is 29.9 Å². The second kappa shape index (κ2) is 8.17. The third-order valence-electron chi connectivity index (χ3n) is 5.53. The number of amides is 1. The normalized spacial score (nSPS) is 21.7. The summed E-state index contributed by atoms with van der Waals surface area (Å²) in [6.07, 6.45) is 5.86. The Kier molecular flexibility index (Phi) is 6.08. The summed E-state index contributed by atoms with van der Waals surface area (Å²) in [4.78, 5) is 19.2. The zero-order chi connectivity index (χ0) is 18.1. The quantitative estimate of drug-likeness (QED) is 0.828. The van der Waals surface area contributed by atoms with Gasteiger partial charge in [-0.3, -0.25) is 4.79 Å². The standard InChI is InChI=1S/C19H23ClN4O2.ClH/c20-15-7-5-13(6-8-15)17(25)24-11-3-4-14(12-24)16-22-18(23-26-16)19(21)9-1-2-10-19;/h5-8,14H,1-4,9-12,21H2;1H. The van der Waals surface area contributed by atoms with Gasteiger partial charge in [-0.2, -0.15) is 4.98 Å². The van der Waals surface area contributed by atoms with E-state index >= 15 is 0 Å². The summed E-state index contributed by atoms with van der Waals surface area (Å²) in [5, 5.41) is 4.78. The Morgan fingerprint density at radius 1 is 1.22 bits per heavy atom. The lowest BCUT2D eigenvalue weighted by Gasteiger charge is -2.31. The predicted octanol–water partition coefficient (Wildman–Crippen LogP) is 3.89. The molecule has 1 aromatic carbocycles. The number of carbonyl (C=O) groups excluding carboxylic acids is 1. The van der Waals surface area contributed by atoms with Gasteiger partial charge in [-0.15, -0.1) is 12.4 Å². The zero-order valence-corrected chi connectivity index (χ0v) is 16.6. The van der Waals surface area contributed by atoms with Crippen LogP contribution in [0.15, 0.2) is 28.8 Å². The van der Waals surface area contributed by atoms with E-state index in [2.05, 4.69) is 10.1 Å². The number of benzene rings is 1. The highest BCUT2D eigenvalue weighted by molar-refractivity contribution is 6.30. The van der Waals surface area contributed by atoms with E-state index in [1.165, 1.54) is 0 Å². The second-order valence-electron chi connectivity index (χ2n) is 7.42. The monoisotopic (exact) mass is 410 g/mol. The highest BCUT2D eigenvalue weighted by Gasteiger charge is 2.37. The first-order valence-corrected chi connectivity index (χ1v) is 9.61.